The van der Waals surface area contributed by atoms with Crippen molar-refractivity contribution in [2.45, 2.75) is 17.9 Å². The molecule has 0 atom stereocenters. The van der Waals surface area contributed by atoms with Crippen molar-refractivity contribution >= 4 is 16.4 Å². The van der Waals surface area contributed by atoms with E-state index < -0.39 is 10.0 Å². The maximum atomic E-state index is 12.7. The Labute approximate surface area is 146 Å². The number of aromatic nitrogens is 1. The van der Waals surface area contributed by atoms with Crippen LogP contribution < -0.4 is 10.2 Å². The van der Waals surface area contributed by atoms with Gasteiger partial charge < -0.3 is 4.74 Å². The van der Waals surface area contributed by atoms with Gasteiger partial charge in [-0.2, -0.15) is 4.31 Å². The van der Waals surface area contributed by atoms with Gasteiger partial charge in [-0.15, -0.1) is 0 Å². The molecule has 9 heteroatoms. The van der Waals surface area contributed by atoms with Gasteiger partial charge in [-0.25, -0.2) is 13.9 Å². The van der Waals surface area contributed by atoms with E-state index in [2.05, 4.69) is 4.98 Å². The number of fused-ring (bicyclic) bond motifs is 1. The molecule has 1 aliphatic rings. The molecule has 25 heavy (non-hydrogen) atoms. The van der Waals surface area contributed by atoms with Crippen molar-refractivity contribution in [1.29, 1.82) is 0 Å². The summed E-state index contributed by atoms with van der Waals surface area (Å²) < 4.78 is 31.8. The van der Waals surface area contributed by atoms with Gasteiger partial charge in [0.05, 0.1) is 24.2 Å². The van der Waals surface area contributed by atoms with Gasteiger partial charge in [-0.1, -0.05) is 6.07 Å². The molecule has 1 amide bonds. The molecule has 1 aromatic carbocycles. The molecule has 0 saturated carbocycles. The Morgan fingerprint density at radius 2 is 1.96 bits per heavy atom. The predicted octanol–water partition coefficient (Wildman–Crippen LogP) is 0.959. The second kappa shape index (κ2) is 8.56. The normalized spacial score (nSPS) is 13.8. The van der Waals surface area contributed by atoms with Crippen LogP contribution in [0.1, 0.15) is 11.3 Å². The minimum atomic E-state index is -3.49. The second-order valence-corrected chi connectivity index (χ2v) is 7.06. The van der Waals surface area contributed by atoms with Gasteiger partial charge in [0.1, 0.15) is 5.75 Å². The molecule has 1 aliphatic heterocycles. The summed E-state index contributed by atoms with van der Waals surface area (Å²) in [5, 5.41) is 7.26. The quantitative estimate of drug-likeness (QED) is 0.475. The van der Waals surface area contributed by atoms with Gasteiger partial charge in [-0.3, -0.25) is 15.0 Å². The van der Waals surface area contributed by atoms with Crippen LogP contribution in [0, 0.1) is 0 Å². The Bertz CT molecular complexity index is 809. The van der Waals surface area contributed by atoms with Crippen molar-refractivity contribution in [3.8, 4) is 5.75 Å². The van der Waals surface area contributed by atoms with Crippen molar-refractivity contribution in [3.05, 3.63) is 53.9 Å². The molecule has 0 bridgehead atoms. The van der Waals surface area contributed by atoms with E-state index in [0.717, 1.165) is 11.3 Å². The number of pyridine rings is 1. The molecule has 2 N–H and O–H groups in total. The van der Waals surface area contributed by atoms with Gasteiger partial charge in [0.15, 0.2) is 0 Å². The first-order chi connectivity index (χ1) is 12.0. The first-order valence-electron chi connectivity index (χ1n) is 7.43. The zero-order valence-electron chi connectivity index (χ0n) is 13.6. The summed E-state index contributed by atoms with van der Waals surface area (Å²) >= 11 is 0. The number of benzene rings is 1. The van der Waals surface area contributed by atoms with Crippen molar-refractivity contribution in [3.63, 3.8) is 0 Å². The van der Waals surface area contributed by atoms with Gasteiger partial charge in [0.2, 0.25) is 16.4 Å². The second-order valence-electron chi connectivity index (χ2n) is 5.12. The lowest BCUT2D eigenvalue weighted by atomic mass is 10.1. The summed E-state index contributed by atoms with van der Waals surface area (Å²) in [5.74, 6) is 0.639. The molecule has 2 aromatic rings. The highest BCUT2D eigenvalue weighted by molar-refractivity contribution is 7.89. The summed E-state index contributed by atoms with van der Waals surface area (Å²) in [6.07, 6.45) is 2.57. The molecule has 0 fully saturated rings. The third-order valence-electron chi connectivity index (χ3n) is 3.69. The fourth-order valence-electron chi connectivity index (χ4n) is 2.43. The van der Waals surface area contributed by atoms with E-state index in [0.29, 0.717) is 25.3 Å². The number of hydroxylamine groups is 1. The Balaban J connectivity index is 0.000000511. The van der Waals surface area contributed by atoms with E-state index in [9.17, 15) is 8.42 Å². The number of carbonyl (C=O) groups is 1. The first kappa shape index (κ1) is 18.8. The van der Waals surface area contributed by atoms with Crippen LogP contribution in [0.15, 0.2) is 47.5 Å². The number of hydrogen-bond donors (Lipinski definition) is 2. The van der Waals surface area contributed by atoms with E-state index >= 15 is 0 Å². The monoisotopic (exact) mass is 365 g/mol. The summed E-state index contributed by atoms with van der Waals surface area (Å²) in [6.45, 7) is 0.803. The van der Waals surface area contributed by atoms with Crippen molar-refractivity contribution in [2.24, 2.45) is 0 Å². The molecule has 0 aliphatic carbocycles. The van der Waals surface area contributed by atoms with Gasteiger partial charge in [-0.05, 0) is 42.3 Å². The topological polar surface area (TPSA) is 109 Å². The van der Waals surface area contributed by atoms with Crippen LogP contribution in [0.25, 0.3) is 0 Å². The van der Waals surface area contributed by atoms with Crippen molar-refractivity contribution in [2.75, 3.05) is 13.7 Å². The Kier molecular flexibility index (Phi) is 6.45. The molecule has 1 aromatic heterocycles. The highest BCUT2D eigenvalue weighted by Crippen LogP contribution is 2.24. The van der Waals surface area contributed by atoms with E-state index in [4.69, 9.17) is 14.7 Å². The van der Waals surface area contributed by atoms with E-state index in [1.807, 2.05) is 12.1 Å². The van der Waals surface area contributed by atoms with Crippen LogP contribution in [0.3, 0.4) is 0 Å². The summed E-state index contributed by atoms with van der Waals surface area (Å²) in [7, 11) is -1.94. The number of methoxy groups -OCH3 is 1. The molecule has 0 saturated heterocycles. The average Bonchev–Trinajstić information content (AvgIpc) is 2.67. The summed E-state index contributed by atoms with van der Waals surface area (Å²) in [6, 6.07) is 10.3. The minimum Gasteiger partial charge on any atom is -0.497 e. The van der Waals surface area contributed by atoms with Crippen LogP contribution in [0.2, 0.25) is 0 Å². The lowest BCUT2D eigenvalue weighted by Gasteiger charge is -2.27. The van der Waals surface area contributed by atoms with Crippen LogP contribution >= 0.6 is 0 Å². The zero-order chi connectivity index (χ0) is 18.3. The molecule has 0 radical (unpaired) electrons. The number of carbonyl (C=O) groups excluding carboxylic acids is 1. The molecule has 2 heterocycles. The maximum absolute atomic E-state index is 12.7. The molecule has 3 rings (SSSR count). The first-order valence-corrected chi connectivity index (χ1v) is 8.87. The standard InChI is InChI=1S/C15H16N2O3S.CH3NO2/c1-20-13-4-6-14(7-5-13)21(18,19)17-10-8-12-3-2-9-16-15(12)11-17;3-1-2-4/h2-7,9H,8,10-11H2,1H3;1,4H,(H,2,3). The third-order valence-corrected chi connectivity index (χ3v) is 5.55. The third kappa shape index (κ3) is 4.53. The van der Waals surface area contributed by atoms with E-state index in [-0.39, 0.29) is 11.3 Å². The van der Waals surface area contributed by atoms with Gasteiger partial charge in [0.25, 0.3) is 0 Å². The van der Waals surface area contributed by atoms with Gasteiger partial charge in [0, 0.05) is 12.7 Å². The molecular formula is C16H19N3O5S. The summed E-state index contributed by atoms with van der Waals surface area (Å²) in [4.78, 5) is 13.4. The molecule has 0 unspecified atom stereocenters. The number of nitrogens with one attached hydrogen (secondary N) is 1. The average molecular weight is 365 g/mol. The number of sulfonamides is 1. The van der Waals surface area contributed by atoms with Crippen molar-refractivity contribution < 1.29 is 23.2 Å². The highest BCUT2D eigenvalue weighted by atomic mass is 32.2. The van der Waals surface area contributed by atoms with E-state index in [1.54, 1.807) is 37.6 Å². The SMILES string of the molecule is COc1ccc(S(=O)(=O)N2CCc3cccnc3C2)cc1.O=CNO. The molecular weight excluding hydrogens is 346 g/mol. The number of rotatable bonds is 4. The predicted molar refractivity (Wildman–Crippen MR) is 89.5 cm³/mol. The smallest absolute Gasteiger partial charge is 0.243 e. The van der Waals surface area contributed by atoms with Crippen LogP contribution in [-0.2, 0) is 27.8 Å². The van der Waals surface area contributed by atoms with Crippen LogP contribution in [0.5, 0.6) is 5.75 Å². The van der Waals surface area contributed by atoms with Crippen LogP contribution in [0.4, 0.5) is 0 Å². The lowest BCUT2D eigenvalue weighted by Crippen LogP contribution is -2.36. The van der Waals surface area contributed by atoms with Crippen molar-refractivity contribution in [1.82, 2.24) is 14.8 Å². The fraction of sp³-hybridized carbons (Fsp3) is 0.250. The summed E-state index contributed by atoms with van der Waals surface area (Å²) in [5.41, 5.74) is 3.21. The van der Waals surface area contributed by atoms with Gasteiger partial charge >= 0.3 is 0 Å². The molecule has 134 valence electrons. The fourth-order valence-corrected chi connectivity index (χ4v) is 3.84. The minimum absolute atomic E-state index is 0.181. The molecule has 8 nitrogen and oxygen atoms in total. The Morgan fingerprint density at radius 3 is 2.56 bits per heavy atom. The van der Waals surface area contributed by atoms with Crippen LogP contribution in [-0.4, -0.2) is 43.0 Å². The number of amides is 1. The number of hydrogen-bond acceptors (Lipinski definition) is 6. The molecule has 0 spiro atoms. The largest absolute Gasteiger partial charge is 0.497 e. The number of nitrogens with zero attached hydrogens (tertiary/aromatic N) is 2. The highest BCUT2D eigenvalue weighted by Gasteiger charge is 2.28. The lowest BCUT2D eigenvalue weighted by molar-refractivity contribution is -0.116. The van der Waals surface area contributed by atoms with E-state index in [1.165, 1.54) is 9.79 Å². The maximum Gasteiger partial charge on any atom is 0.243 e. The number of ether oxygens (including phenoxy) is 1. The Hall–Kier alpha value is -2.49. The zero-order valence-corrected chi connectivity index (χ0v) is 14.4. The Morgan fingerprint density at radius 1 is 1.28 bits per heavy atom.